The largest absolute Gasteiger partial charge is 0.494 e. The van der Waals surface area contributed by atoms with Crippen molar-refractivity contribution in [1.82, 2.24) is 14.8 Å². The van der Waals surface area contributed by atoms with Crippen LogP contribution in [-0.4, -0.2) is 68.1 Å². The van der Waals surface area contributed by atoms with Crippen LogP contribution in [0.15, 0.2) is 36.5 Å². The number of anilines is 1. The van der Waals surface area contributed by atoms with Gasteiger partial charge in [0, 0.05) is 53.0 Å². The number of nitrogens with zero attached hydrogens (tertiary/aromatic N) is 4. The Balaban J connectivity index is 1.55. The van der Waals surface area contributed by atoms with E-state index in [0.717, 1.165) is 24.5 Å². The lowest BCUT2D eigenvalue weighted by Crippen LogP contribution is -2.48. The van der Waals surface area contributed by atoms with Gasteiger partial charge in [0.2, 0.25) is 0 Å². The van der Waals surface area contributed by atoms with Crippen LogP contribution in [0.5, 0.6) is 5.75 Å². The van der Waals surface area contributed by atoms with Crippen LogP contribution >= 0.6 is 0 Å². The third-order valence-corrected chi connectivity index (χ3v) is 4.73. The van der Waals surface area contributed by atoms with Crippen LogP contribution in [0.4, 0.5) is 10.2 Å². The van der Waals surface area contributed by atoms with E-state index in [2.05, 4.69) is 9.88 Å². The summed E-state index contributed by atoms with van der Waals surface area (Å²) in [6.45, 7) is 3.45. The summed E-state index contributed by atoms with van der Waals surface area (Å²) in [5.74, 6) is 0.728. The summed E-state index contributed by atoms with van der Waals surface area (Å²) in [7, 11) is 5.29. The topological polar surface area (TPSA) is 48.9 Å². The van der Waals surface area contributed by atoms with Crippen LogP contribution < -0.4 is 9.64 Å². The van der Waals surface area contributed by atoms with Crippen molar-refractivity contribution in [1.29, 1.82) is 0 Å². The van der Waals surface area contributed by atoms with Crippen molar-refractivity contribution in [2.45, 2.75) is 6.54 Å². The van der Waals surface area contributed by atoms with Crippen LogP contribution in [-0.2, 0) is 6.54 Å². The summed E-state index contributed by atoms with van der Waals surface area (Å²) in [5, 5.41) is 0. The van der Waals surface area contributed by atoms with Gasteiger partial charge >= 0.3 is 0 Å². The lowest BCUT2D eigenvalue weighted by atomic mass is 10.1. The molecule has 0 bridgehead atoms. The number of hydrogen-bond donors (Lipinski definition) is 0. The number of carbonyl (C=O) groups is 1. The second-order valence-corrected chi connectivity index (χ2v) is 6.84. The molecule has 1 aliphatic rings. The molecule has 6 nitrogen and oxygen atoms in total. The Hall–Kier alpha value is -2.67. The first-order valence-corrected chi connectivity index (χ1v) is 8.95. The average molecular weight is 372 g/mol. The van der Waals surface area contributed by atoms with Crippen molar-refractivity contribution < 1.29 is 13.9 Å². The van der Waals surface area contributed by atoms with E-state index in [9.17, 15) is 9.18 Å². The summed E-state index contributed by atoms with van der Waals surface area (Å²) in [5.41, 5.74) is 1.50. The van der Waals surface area contributed by atoms with Crippen LogP contribution in [0.1, 0.15) is 15.9 Å². The molecule has 144 valence electrons. The molecular weight excluding hydrogens is 347 g/mol. The highest BCUT2D eigenvalue weighted by molar-refractivity contribution is 5.94. The Morgan fingerprint density at radius 2 is 1.93 bits per heavy atom. The fourth-order valence-corrected chi connectivity index (χ4v) is 3.14. The van der Waals surface area contributed by atoms with E-state index in [4.69, 9.17) is 4.74 Å². The maximum atomic E-state index is 13.8. The highest BCUT2D eigenvalue weighted by atomic mass is 19.1. The number of amides is 1. The first-order valence-electron chi connectivity index (χ1n) is 8.95. The lowest BCUT2D eigenvalue weighted by molar-refractivity contribution is 0.0628. The molecule has 0 unspecified atom stereocenters. The number of rotatable bonds is 5. The van der Waals surface area contributed by atoms with E-state index in [1.807, 2.05) is 42.1 Å². The fraction of sp³-hybridized carbons (Fsp3) is 0.400. The molecule has 0 radical (unpaired) electrons. The second kappa shape index (κ2) is 8.35. The molecule has 1 aromatic carbocycles. The molecule has 0 spiro atoms. The Morgan fingerprint density at radius 3 is 2.48 bits per heavy atom. The number of benzene rings is 1. The van der Waals surface area contributed by atoms with Crippen molar-refractivity contribution in [3.63, 3.8) is 0 Å². The van der Waals surface area contributed by atoms with Crippen LogP contribution in [0, 0.1) is 5.82 Å². The van der Waals surface area contributed by atoms with Crippen LogP contribution in [0.3, 0.4) is 0 Å². The van der Waals surface area contributed by atoms with Gasteiger partial charge < -0.3 is 14.5 Å². The minimum absolute atomic E-state index is 0.00273. The number of methoxy groups -OCH3 is 1. The number of ether oxygens (including phenoxy) is 1. The van der Waals surface area contributed by atoms with Gasteiger partial charge in [-0.2, -0.15) is 0 Å². The summed E-state index contributed by atoms with van der Waals surface area (Å²) in [6, 6.07) is 8.69. The molecule has 1 aromatic heterocycles. The molecular formula is C20H25FN4O2. The van der Waals surface area contributed by atoms with Gasteiger partial charge in [0.05, 0.1) is 12.7 Å². The SMILES string of the molecule is COc1ccc(CN2CCN(C(=O)c3ccc(N(C)C)nc3)CC2)cc1F. The van der Waals surface area contributed by atoms with E-state index in [-0.39, 0.29) is 17.5 Å². The zero-order valence-corrected chi connectivity index (χ0v) is 16.0. The predicted molar refractivity (Wildman–Crippen MR) is 103 cm³/mol. The van der Waals surface area contributed by atoms with E-state index in [1.165, 1.54) is 13.2 Å². The van der Waals surface area contributed by atoms with Gasteiger partial charge in [-0.1, -0.05) is 6.07 Å². The maximum absolute atomic E-state index is 13.8. The number of piperazine rings is 1. The standard InChI is InChI=1S/C20H25FN4O2/c1-23(2)19-7-5-16(13-22-19)20(26)25-10-8-24(9-11-25)14-15-4-6-18(27-3)17(21)12-15/h4-7,12-13H,8-11,14H2,1-3H3. The zero-order valence-electron chi connectivity index (χ0n) is 16.0. The van der Waals surface area contributed by atoms with Gasteiger partial charge in [0.1, 0.15) is 5.82 Å². The maximum Gasteiger partial charge on any atom is 0.255 e. The predicted octanol–water partition coefficient (Wildman–Crippen LogP) is 2.25. The van der Waals surface area contributed by atoms with Crippen molar-refractivity contribution in [3.8, 4) is 5.75 Å². The fourth-order valence-electron chi connectivity index (χ4n) is 3.14. The second-order valence-electron chi connectivity index (χ2n) is 6.84. The normalized spacial score (nSPS) is 14.9. The van der Waals surface area contributed by atoms with Crippen LogP contribution in [0.2, 0.25) is 0 Å². The van der Waals surface area contributed by atoms with Crippen LogP contribution in [0.25, 0.3) is 0 Å². The van der Waals surface area contributed by atoms with E-state index in [1.54, 1.807) is 12.3 Å². The molecule has 0 atom stereocenters. The number of hydrogen-bond acceptors (Lipinski definition) is 5. The third-order valence-electron chi connectivity index (χ3n) is 4.73. The number of halogens is 1. The van der Waals surface area contributed by atoms with Crippen molar-refractivity contribution in [3.05, 3.63) is 53.5 Å². The zero-order chi connectivity index (χ0) is 19.4. The molecule has 1 saturated heterocycles. The molecule has 1 amide bonds. The van der Waals surface area contributed by atoms with Gasteiger partial charge in [-0.3, -0.25) is 9.69 Å². The molecule has 2 heterocycles. The molecule has 0 aliphatic carbocycles. The van der Waals surface area contributed by atoms with Gasteiger partial charge in [-0.15, -0.1) is 0 Å². The average Bonchev–Trinajstić information content (AvgIpc) is 2.68. The van der Waals surface area contributed by atoms with E-state index < -0.39 is 0 Å². The summed E-state index contributed by atoms with van der Waals surface area (Å²) >= 11 is 0. The first kappa shape index (κ1) is 19.1. The monoisotopic (exact) mass is 372 g/mol. The first-order chi connectivity index (χ1) is 13.0. The van der Waals surface area contributed by atoms with E-state index >= 15 is 0 Å². The Morgan fingerprint density at radius 1 is 1.19 bits per heavy atom. The van der Waals surface area contributed by atoms with Gasteiger partial charge in [-0.05, 0) is 29.8 Å². The molecule has 1 aliphatic heterocycles. The van der Waals surface area contributed by atoms with Gasteiger partial charge in [0.25, 0.3) is 5.91 Å². The molecule has 2 aromatic rings. The quantitative estimate of drug-likeness (QED) is 0.806. The molecule has 7 heteroatoms. The summed E-state index contributed by atoms with van der Waals surface area (Å²) in [6.07, 6.45) is 1.63. The highest BCUT2D eigenvalue weighted by Crippen LogP contribution is 2.19. The number of pyridine rings is 1. The minimum atomic E-state index is -0.350. The highest BCUT2D eigenvalue weighted by Gasteiger charge is 2.22. The lowest BCUT2D eigenvalue weighted by Gasteiger charge is -2.34. The van der Waals surface area contributed by atoms with Crippen molar-refractivity contribution in [2.24, 2.45) is 0 Å². The molecule has 27 heavy (non-hydrogen) atoms. The van der Waals surface area contributed by atoms with Gasteiger partial charge in [0.15, 0.2) is 11.6 Å². The third kappa shape index (κ3) is 4.54. The minimum Gasteiger partial charge on any atom is -0.494 e. The molecule has 0 saturated carbocycles. The Labute approximate surface area is 159 Å². The molecule has 1 fully saturated rings. The smallest absolute Gasteiger partial charge is 0.255 e. The number of aromatic nitrogens is 1. The van der Waals surface area contributed by atoms with Gasteiger partial charge in [-0.25, -0.2) is 9.37 Å². The van der Waals surface area contributed by atoms with E-state index in [0.29, 0.717) is 25.2 Å². The summed E-state index contributed by atoms with van der Waals surface area (Å²) < 4.78 is 18.8. The van der Waals surface area contributed by atoms with Crippen molar-refractivity contribution in [2.75, 3.05) is 52.3 Å². The van der Waals surface area contributed by atoms with Crippen molar-refractivity contribution >= 4 is 11.7 Å². The molecule has 0 N–H and O–H groups in total. The Bertz CT molecular complexity index is 787. The molecule has 3 rings (SSSR count). The Kier molecular flexibility index (Phi) is 5.91. The summed E-state index contributed by atoms with van der Waals surface area (Å²) in [4.78, 5) is 22.9. The number of carbonyl (C=O) groups excluding carboxylic acids is 1.